The van der Waals surface area contributed by atoms with Crippen molar-refractivity contribution in [2.24, 2.45) is 5.41 Å². The Bertz CT molecular complexity index is 627. The Hall–Kier alpha value is -1.14. The third-order valence-corrected chi connectivity index (χ3v) is 8.71. The minimum atomic E-state index is -0.260. The number of hydrogen-bond acceptors (Lipinski definition) is 4. The van der Waals surface area contributed by atoms with Gasteiger partial charge in [-0.15, -0.1) is 0 Å². The Balaban J connectivity index is 1.07. The lowest BCUT2D eigenvalue weighted by atomic mass is 9.39. The van der Waals surface area contributed by atoms with Crippen LogP contribution < -0.4 is 10.6 Å². The molecule has 0 radical (unpaired) electrons. The van der Waals surface area contributed by atoms with Gasteiger partial charge < -0.3 is 20.1 Å². The van der Waals surface area contributed by atoms with Gasteiger partial charge in [0.05, 0.1) is 24.2 Å². The van der Waals surface area contributed by atoms with Gasteiger partial charge in [0.15, 0.2) is 0 Å². The molecule has 2 N–H and O–H groups in total. The Kier molecular flexibility index (Phi) is 9.70. The smallest absolute Gasteiger partial charge is 0.246 e. The van der Waals surface area contributed by atoms with Crippen molar-refractivity contribution in [2.45, 2.75) is 140 Å². The van der Waals surface area contributed by atoms with Crippen LogP contribution in [-0.2, 0) is 19.1 Å². The molecular weight excluding hydrogens is 428 g/mol. The zero-order chi connectivity index (χ0) is 23.7. The zero-order valence-electron chi connectivity index (χ0n) is 21.3. The maximum Gasteiger partial charge on any atom is 0.246 e. The average Bonchev–Trinajstić information content (AvgIpc) is 3.00. The molecule has 194 valence electrons. The number of amides is 2. The molecule has 6 heteroatoms. The molecule has 6 nitrogen and oxygen atoms in total. The van der Waals surface area contributed by atoms with Crippen molar-refractivity contribution < 1.29 is 19.1 Å². The van der Waals surface area contributed by atoms with Gasteiger partial charge >= 0.3 is 0 Å². The summed E-state index contributed by atoms with van der Waals surface area (Å²) in [6, 6.07) is 0. The van der Waals surface area contributed by atoms with Gasteiger partial charge in [0, 0.05) is 12.1 Å². The average molecular weight is 477 g/mol. The van der Waals surface area contributed by atoms with Crippen LogP contribution >= 0.6 is 0 Å². The fourth-order valence-corrected chi connectivity index (χ4v) is 6.79. The summed E-state index contributed by atoms with van der Waals surface area (Å²) in [5, 5.41) is 6.27. The first-order valence-corrected chi connectivity index (χ1v) is 14.4. The first-order chi connectivity index (χ1) is 16.6. The lowest BCUT2D eigenvalue weighted by molar-refractivity contribution is -0.184. The predicted octanol–water partition coefficient (Wildman–Crippen LogP) is 5.18. The molecule has 5 aliphatic carbocycles. The predicted molar refractivity (Wildman–Crippen MR) is 134 cm³/mol. The number of carbonyl (C=O) groups excluding carboxylic acids is 2. The van der Waals surface area contributed by atoms with E-state index < -0.39 is 0 Å². The summed E-state index contributed by atoms with van der Waals surface area (Å²) in [5.74, 6) is 0.125. The van der Waals surface area contributed by atoms with E-state index in [0.29, 0.717) is 19.3 Å². The molecule has 5 rings (SSSR count). The zero-order valence-corrected chi connectivity index (χ0v) is 21.3. The molecule has 0 spiro atoms. The maximum atomic E-state index is 12.7. The van der Waals surface area contributed by atoms with Crippen molar-refractivity contribution in [1.29, 1.82) is 0 Å². The summed E-state index contributed by atoms with van der Waals surface area (Å²) < 4.78 is 12.1. The molecule has 0 saturated heterocycles. The molecular formula is C28H48N2O4. The lowest BCUT2D eigenvalue weighted by Gasteiger charge is -2.69. The van der Waals surface area contributed by atoms with E-state index in [2.05, 4.69) is 10.6 Å². The van der Waals surface area contributed by atoms with Crippen molar-refractivity contribution in [2.75, 3.05) is 19.8 Å². The summed E-state index contributed by atoms with van der Waals surface area (Å²) in [6.07, 6.45) is 22.9. The van der Waals surface area contributed by atoms with Crippen LogP contribution in [0.3, 0.4) is 0 Å². The van der Waals surface area contributed by atoms with Gasteiger partial charge in [-0.25, -0.2) is 0 Å². The lowest BCUT2D eigenvalue weighted by Crippen LogP contribution is -2.78. The van der Waals surface area contributed by atoms with Gasteiger partial charge in [0.1, 0.15) is 6.61 Å². The number of hydrogen-bond donors (Lipinski definition) is 2. The van der Waals surface area contributed by atoms with E-state index >= 15 is 0 Å². The quantitative estimate of drug-likeness (QED) is 0.450. The summed E-state index contributed by atoms with van der Waals surface area (Å²) in [6.45, 7) is 1.35. The summed E-state index contributed by atoms with van der Waals surface area (Å²) in [7, 11) is 0. The van der Waals surface area contributed by atoms with E-state index in [-0.39, 0.29) is 35.5 Å². The fraction of sp³-hybridized carbons (Fsp3) is 0.929. The van der Waals surface area contributed by atoms with Crippen LogP contribution in [0.15, 0.2) is 0 Å². The molecule has 5 fully saturated rings. The normalized spacial score (nSPS) is 31.3. The highest BCUT2D eigenvalue weighted by atomic mass is 16.5. The first-order valence-electron chi connectivity index (χ1n) is 14.4. The van der Waals surface area contributed by atoms with Crippen LogP contribution in [-0.4, -0.2) is 49.3 Å². The van der Waals surface area contributed by atoms with E-state index in [0.717, 1.165) is 44.9 Å². The van der Waals surface area contributed by atoms with Crippen molar-refractivity contribution >= 4 is 11.8 Å². The van der Waals surface area contributed by atoms with Crippen molar-refractivity contribution in [3.8, 4) is 0 Å². The van der Waals surface area contributed by atoms with Crippen LogP contribution in [0.1, 0.15) is 122 Å². The highest BCUT2D eigenvalue weighted by molar-refractivity contribution is 5.88. The molecule has 5 aliphatic rings. The Morgan fingerprint density at radius 2 is 1.15 bits per heavy atom. The molecule has 34 heavy (non-hydrogen) atoms. The second-order valence-corrected chi connectivity index (χ2v) is 11.7. The maximum absolute atomic E-state index is 12.7. The number of nitrogens with one attached hydrogen (secondary N) is 2. The Morgan fingerprint density at radius 3 is 1.68 bits per heavy atom. The summed E-state index contributed by atoms with van der Waals surface area (Å²) >= 11 is 0. The van der Waals surface area contributed by atoms with Crippen LogP contribution in [0.25, 0.3) is 0 Å². The monoisotopic (exact) mass is 476 g/mol. The Labute approximate surface area is 206 Å². The number of ether oxygens (including phenoxy) is 2. The molecule has 0 aliphatic heterocycles. The second-order valence-electron chi connectivity index (χ2n) is 11.7. The summed E-state index contributed by atoms with van der Waals surface area (Å²) in [5.41, 5.74) is -0.422. The third kappa shape index (κ3) is 7.19. The largest absolute Gasteiger partial charge is 0.376 e. The van der Waals surface area contributed by atoms with E-state index in [4.69, 9.17) is 9.47 Å². The highest BCUT2D eigenvalue weighted by Gasteiger charge is 2.72. The SMILES string of the molecule is O=C(COC1CCCCCCCC1)NC12CC(C(=O)NCCOC3CCCCCCCC3)(C1)C2. The van der Waals surface area contributed by atoms with Gasteiger partial charge in [-0.3, -0.25) is 9.59 Å². The summed E-state index contributed by atoms with van der Waals surface area (Å²) in [4.78, 5) is 25.2. The molecule has 5 saturated carbocycles. The standard InChI is InChI=1S/C28H48N2O4/c31-25(19-34-24-15-11-7-3-4-8-12-16-24)30-28-20-27(21-28,22-28)26(32)29-17-18-33-23-13-9-5-1-2-6-10-14-23/h23-24H,1-22H2,(H,29,32)(H,30,31). The van der Waals surface area contributed by atoms with Crippen molar-refractivity contribution in [3.05, 3.63) is 0 Å². The van der Waals surface area contributed by atoms with E-state index in [1.807, 2.05) is 0 Å². The molecule has 0 aromatic carbocycles. The fourth-order valence-electron chi connectivity index (χ4n) is 6.79. The van der Waals surface area contributed by atoms with E-state index in [1.54, 1.807) is 0 Å². The number of rotatable bonds is 9. The molecule has 0 aromatic heterocycles. The van der Waals surface area contributed by atoms with Crippen LogP contribution in [0.2, 0.25) is 0 Å². The molecule has 2 amide bonds. The van der Waals surface area contributed by atoms with Crippen LogP contribution in [0.5, 0.6) is 0 Å². The van der Waals surface area contributed by atoms with E-state index in [9.17, 15) is 9.59 Å². The molecule has 0 aromatic rings. The second kappa shape index (κ2) is 12.7. The number of carbonyl (C=O) groups is 2. The molecule has 0 heterocycles. The van der Waals surface area contributed by atoms with Gasteiger partial charge in [-0.05, 0) is 44.9 Å². The van der Waals surface area contributed by atoms with Crippen LogP contribution in [0, 0.1) is 5.41 Å². The Morgan fingerprint density at radius 1 is 0.676 bits per heavy atom. The highest BCUT2D eigenvalue weighted by Crippen LogP contribution is 2.67. The molecule has 0 atom stereocenters. The van der Waals surface area contributed by atoms with E-state index in [1.165, 1.54) is 77.0 Å². The molecule has 2 bridgehead atoms. The molecule has 0 unspecified atom stereocenters. The first kappa shape index (κ1) is 25.9. The minimum absolute atomic E-state index is 0.0167. The van der Waals surface area contributed by atoms with Crippen molar-refractivity contribution in [1.82, 2.24) is 10.6 Å². The van der Waals surface area contributed by atoms with Crippen LogP contribution in [0.4, 0.5) is 0 Å². The topological polar surface area (TPSA) is 76.7 Å². The van der Waals surface area contributed by atoms with Crippen molar-refractivity contribution in [3.63, 3.8) is 0 Å². The van der Waals surface area contributed by atoms with Gasteiger partial charge in [-0.1, -0.05) is 77.0 Å². The van der Waals surface area contributed by atoms with Gasteiger partial charge in [-0.2, -0.15) is 0 Å². The van der Waals surface area contributed by atoms with Gasteiger partial charge in [0.2, 0.25) is 11.8 Å². The van der Waals surface area contributed by atoms with Gasteiger partial charge in [0.25, 0.3) is 0 Å². The third-order valence-electron chi connectivity index (χ3n) is 8.71. The minimum Gasteiger partial charge on any atom is -0.376 e.